The molecule has 2 N–H and O–H groups in total. The fraction of sp³-hybridized carbons (Fsp3) is 0.611. The Labute approximate surface area is 138 Å². The summed E-state index contributed by atoms with van der Waals surface area (Å²) in [5, 5.41) is 0. The smallest absolute Gasteiger partial charge is 0.308 e. The molecule has 128 valence electrons. The predicted octanol–water partition coefficient (Wildman–Crippen LogP) is 2.94. The van der Waals surface area contributed by atoms with E-state index in [2.05, 4.69) is 0 Å². The molecule has 0 aromatic heterocycles. The molecule has 0 saturated carbocycles. The van der Waals surface area contributed by atoms with Crippen LogP contribution in [0, 0.1) is 0 Å². The number of esters is 1. The number of rotatable bonds is 5. The van der Waals surface area contributed by atoms with E-state index < -0.39 is 11.9 Å². The minimum atomic E-state index is -0.488. The summed E-state index contributed by atoms with van der Waals surface area (Å²) in [5.41, 5.74) is 6.12. The summed E-state index contributed by atoms with van der Waals surface area (Å²) < 4.78 is 17.3. The van der Waals surface area contributed by atoms with Gasteiger partial charge in [0.15, 0.2) is 6.29 Å². The highest BCUT2D eigenvalue weighted by molar-refractivity contribution is 5.70. The molecule has 3 unspecified atom stereocenters. The molecule has 1 aliphatic heterocycles. The fourth-order valence-corrected chi connectivity index (χ4v) is 2.63. The van der Waals surface area contributed by atoms with Gasteiger partial charge in [0.25, 0.3) is 0 Å². The van der Waals surface area contributed by atoms with Gasteiger partial charge in [-0.25, -0.2) is 0 Å². The lowest BCUT2D eigenvalue weighted by molar-refractivity contribution is -0.250. The van der Waals surface area contributed by atoms with Crippen LogP contribution < -0.4 is 5.73 Å². The molecule has 0 aliphatic carbocycles. The van der Waals surface area contributed by atoms with Crippen LogP contribution in [0.15, 0.2) is 30.3 Å². The molecule has 5 heteroatoms. The minimum absolute atomic E-state index is 0.00797. The summed E-state index contributed by atoms with van der Waals surface area (Å²) >= 11 is 0. The molecule has 1 aromatic carbocycles. The maximum absolute atomic E-state index is 12.1. The van der Waals surface area contributed by atoms with Crippen LogP contribution in [-0.2, 0) is 19.0 Å². The molecule has 2 rings (SSSR count). The molecule has 0 spiro atoms. The zero-order valence-corrected chi connectivity index (χ0v) is 14.2. The van der Waals surface area contributed by atoms with Crippen molar-refractivity contribution in [3.63, 3.8) is 0 Å². The maximum atomic E-state index is 12.1. The largest absolute Gasteiger partial charge is 0.460 e. The van der Waals surface area contributed by atoms with Crippen LogP contribution in [0.25, 0.3) is 0 Å². The Morgan fingerprint density at radius 2 is 1.87 bits per heavy atom. The SMILES string of the molecule is CC(C)(C)OC(=O)CC1CC(CCN)OC(c2ccccc2)O1. The quantitative estimate of drug-likeness (QED) is 0.844. The van der Waals surface area contributed by atoms with E-state index in [1.165, 1.54) is 0 Å². The molecule has 3 atom stereocenters. The van der Waals surface area contributed by atoms with E-state index in [1.807, 2.05) is 51.1 Å². The third kappa shape index (κ3) is 5.94. The Bertz CT molecular complexity index is 497. The van der Waals surface area contributed by atoms with Gasteiger partial charge in [0.1, 0.15) is 5.60 Å². The van der Waals surface area contributed by atoms with Gasteiger partial charge in [-0.05, 0) is 33.7 Å². The number of carbonyl (C=O) groups is 1. The Morgan fingerprint density at radius 1 is 1.22 bits per heavy atom. The van der Waals surface area contributed by atoms with Crippen molar-refractivity contribution in [2.75, 3.05) is 6.54 Å². The van der Waals surface area contributed by atoms with Crippen LogP contribution >= 0.6 is 0 Å². The Balaban J connectivity index is 2.02. The lowest BCUT2D eigenvalue weighted by Crippen LogP contribution is -2.37. The normalized spacial score (nSPS) is 25.1. The van der Waals surface area contributed by atoms with Gasteiger partial charge in [0.05, 0.1) is 18.6 Å². The Hall–Kier alpha value is -1.43. The Morgan fingerprint density at radius 3 is 2.48 bits per heavy atom. The molecule has 1 fully saturated rings. The van der Waals surface area contributed by atoms with Crippen molar-refractivity contribution in [1.29, 1.82) is 0 Å². The molecule has 1 heterocycles. The number of benzene rings is 1. The molecule has 0 bridgehead atoms. The first-order valence-electron chi connectivity index (χ1n) is 8.15. The molecule has 1 aliphatic rings. The molecule has 5 nitrogen and oxygen atoms in total. The summed E-state index contributed by atoms with van der Waals surface area (Å²) in [6.45, 7) is 6.13. The zero-order valence-electron chi connectivity index (χ0n) is 14.2. The van der Waals surface area contributed by atoms with Gasteiger partial charge in [-0.2, -0.15) is 0 Å². The third-order valence-corrected chi connectivity index (χ3v) is 3.53. The molecule has 1 saturated heterocycles. The molecular weight excluding hydrogens is 294 g/mol. The molecule has 0 amide bonds. The van der Waals surface area contributed by atoms with Gasteiger partial charge < -0.3 is 19.9 Å². The van der Waals surface area contributed by atoms with Crippen molar-refractivity contribution in [2.45, 2.75) is 64.1 Å². The van der Waals surface area contributed by atoms with Crippen molar-refractivity contribution < 1.29 is 19.0 Å². The van der Waals surface area contributed by atoms with Crippen LogP contribution in [0.1, 0.15) is 51.9 Å². The first-order chi connectivity index (χ1) is 10.9. The number of hydrogen-bond acceptors (Lipinski definition) is 5. The third-order valence-electron chi connectivity index (χ3n) is 3.53. The second-order valence-electron chi connectivity index (χ2n) is 6.86. The van der Waals surface area contributed by atoms with Crippen LogP contribution in [0.5, 0.6) is 0 Å². The monoisotopic (exact) mass is 321 g/mol. The number of hydrogen-bond donors (Lipinski definition) is 1. The van der Waals surface area contributed by atoms with Gasteiger partial charge in [0, 0.05) is 12.0 Å². The summed E-state index contributed by atoms with van der Waals surface area (Å²) in [5.74, 6) is -0.247. The fourth-order valence-electron chi connectivity index (χ4n) is 2.63. The number of nitrogens with two attached hydrogens (primary N) is 1. The summed E-state index contributed by atoms with van der Waals surface area (Å²) in [4.78, 5) is 12.1. The second kappa shape index (κ2) is 7.90. The topological polar surface area (TPSA) is 70.8 Å². The van der Waals surface area contributed by atoms with Crippen molar-refractivity contribution in [2.24, 2.45) is 5.73 Å². The predicted molar refractivity (Wildman–Crippen MR) is 87.7 cm³/mol. The summed E-state index contributed by atoms with van der Waals surface area (Å²) in [6, 6.07) is 9.75. The van der Waals surface area contributed by atoms with Gasteiger partial charge >= 0.3 is 5.97 Å². The molecule has 0 radical (unpaired) electrons. The Kier molecular flexibility index (Phi) is 6.16. The van der Waals surface area contributed by atoms with E-state index in [4.69, 9.17) is 19.9 Å². The van der Waals surface area contributed by atoms with Crippen molar-refractivity contribution in [1.82, 2.24) is 0 Å². The highest BCUT2D eigenvalue weighted by Crippen LogP contribution is 2.32. The first-order valence-corrected chi connectivity index (χ1v) is 8.15. The molecular formula is C18H27NO4. The maximum Gasteiger partial charge on any atom is 0.308 e. The van der Waals surface area contributed by atoms with E-state index in [0.717, 1.165) is 12.0 Å². The van der Waals surface area contributed by atoms with E-state index in [1.54, 1.807) is 0 Å². The lowest BCUT2D eigenvalue weighted by Gasteiger charge is -2.36. The standard InChI is InChI=1S/C18H27NO4/c1-18(2,3)23-16(20)12-15-11-14(9-10-19)21-17(22-15)13-7-5-4-6-8-13/h4-8,14-15,17H,9-12,19H2,1-3H3. The number of carbonyl (C=O) groups excluding carboxylic acids is 1. The van der Waals surface area contributed by atoms with E-state index in [-0.39, 0.29) is 24.6 Å². The highest BCUT2D eigenvalue weighted by atomic mass is 16.7. The summed E-state index contributed by atoms with van der Waals surface area (Å²) in [7, 11) is 0. The van der Waals surface area contributed by atoms with Gasteiger partial charge in [-0.3, -0.25) is 4.79 Å². The zero-order chi connectivity index (χ0) is 16.9. The van der Waals surface area contributed by atoms with Crippen molar-refractivity contribution >= 4 is 5.97 Å². The highest BCUT2D eigenvalue weighted by Gasteiger charge is 2.33. The lowest BCUT2D eigenvalue weighted by atomic mass is 10.0. The van der Waals surface area contributed by atoms with E-state index in [0.29, 0.717) is 13.0 Å². The van der Waals surface area contributed by atoms with Crippen LogP contribution in [-0.4, -0.2) is 30.3 Å². The minimum Gasteiger partial charge on any atom is -0.460 e. The van der Waals surface area contributed by atoms with Gasteiger partial charge in [-0.1, -0.05) is 30.3 Å². The molecule has 1 aromatic rings. The average Bonchev–Trinajstić information content (AvgIpc) is 2.46. The van der Waals surface area contributed by atoms with Crippen LogP contribution in [0.3, 0.4) is 0 Å². The first kappa shape index (κ1) is 17.9. The number of ether oxygens (including phenoxy) is 3. The summed E-state index contributed by atoms with van der Waals surface area (Å²) in [6.07, 6.45) is 0.933. The van der Waals surface area contributed by atoms with Crippen LogP contribution in [0.4, 0.5) is 0 Å². The van der Waals surface area contributed by atoms with E-state index >= 15 is 0 Å². The van der Waals surface area contributed by atoms with Crippen molar-refractivity contribution in [3.8, 4) is 0 Å². The van der Waals surface area contributed by atoms with Gasteiger partial charge in [-0.15, -0.1) is 0 Å². The molecule has 23 heavy (non-hydrogen) atoms. The average molecular weight is 321 g/mol. The van der Waals surface area contributed by atoms with Crippen LogP contribution in [0.2, 0.25) is 0 Å². The van der Waals surface area contributed by atoms with E-state index in [9.17, 15) is 4.79 Å². The second-order valence-corrected chi connectivity index (χ2v) is 6.86. The van der Waals surface area contributed by atoms with Crippen molar-refractivity contribution in [3.05, 3.63) is 35.9 Å². The van der Waals surface area contributed by atoms with Gasteiger partial charge in [0.2, 0.25) is 0 Å².